The van der Waals surface area contributed by atoms with E-state index in [2.05, 4.69) is 10.3 Å². The zero-order valence-electron chi connectivity index (χ0n) is 12.6. The average Bonchev–Trinajstić information content (AvgIpc) is 2.75. The van der Waals surface area contributed by atoms with Gasteiger partial charge in [0.25, 0.3) is 0 Å². The normalized spacial score (nSPS) is 14.1. The molecule has 0 fully saturated rings. The average molecular weight is 308 g/mol. The van der Waals surface area contributed by atoms with Crippen LogP contribution in [-0.2, 0) is 6.54 Å². The Bertz CT molecular complexity index is 582. The number of halogens is 1. The maximum atomic E-state index is 12.9. The van der Waals surface area contributed by atoms with Crippen molar-refractivity contribution in [3.05, 3.63) is 51.2 Å². The summed E-state index contributed by atoms with van der Waals surface area (Å²) in [5.41, 5.74) is 1.81. The minimum atomic E-state index is -0.586. The Balaban J connectivity index is 1.85. The number of aliphatic hydroxyl groups excluding tert-OH is 1. The maximum absolute atomic E-state index is 12.9. The highest BCUT2D eigenvalue weighted by Gasteiger charge is 2.13. The number of benzene rings is 1. The Kier molecular flexibility index (Phi) is 5.45. The minimum Gasteiger partial charge on any atom is -0.388 e. The summed E-state index contributed by atoms with van der Waals surface area (Å²) in [6.07, 6.45) is 0.0000332. The lowest BCUT2D eigenvalue weighted by atomic mass is 10.0. The van der Waals surface area contributed by atoms with Gasteiger partial charge >= 0.3 is 0 Å². The molecule has 0 aliphatic rings. The SMILES string of the molecule is Cc1nc(C)c(CN[C@@H](C)C[C@@H](O)c2ccc(F)cc2)s1. The molecule has 114 valence electrons. The van der Waals surface area contributed by atoms with Crippen LogP contribution in [0.3, 0.4) is 0 Å². The van der Waals surface area contributed by atoms with E-state index in [1.165, 1.54) is 17.0 Å². The summed E-state index contributed by atoms with van der Waals surface area (Å²) in [4.78, 5) is 5.63. The molecule has 3 nitrogen and oxygen atoms in total. The molecular weight excluding hydrogens is 287 g/mol. The van der Waals surface area contributed by atoms with Crippen LogP contribution in [0, 0.1) is 19.7 Å². The number of nitrogens with zero attached hydrogens (tertiary/aromatic N) is 1. The lowest BCUT2D eigenvalue weighted by molar-refractivity contribution is 0.154. The number of rotatable bonds is 6. The van der Waals surface area contributed by atoms with E-state index in [1.54, 1.807) is 23.5 Å². The molecule has 0 amide bonds. The summed E-state index contributed by atoms with van der Waals surface area (Å²) in [7, 11) is 0. The predicted molar refractivity (Wildman–Crippen MR) is 83.9 cm³/mol. The number of hydrogen-bond donors (Lipinski definition) is 2. The molecule has 1 heterocycles. The Hall–Kier alpha value is -1.30. The fraction of sp³-hybridized carbons (Fsp3) is 0.438. The van der Waals surface area contributed by atoms with Crippen LogP contribution in [-0.4, -0.2) is 16.1 Å². The van der Waals surface area contributed by atoms with E-state index in [1.807, 2.05) is 20.8 Å². The molecule has 2 aromatic rings. The molecule has 1 aromatic heterocycles. The van der Waals surface area contributed by atoms with Crippen molar-refractivity contribution in [1.82, 2.24) is 10.3 Å². The standard InChI is InChI=1S/C16H21FN2OS/c1-10(18-9-16-11(2)19-12(3)21-16)8-15(20)13-4-6-14(17)7-5-13/h4-7,10,15,18,20H,8-9H2,1-3H3/t10-,15+/m0/s1. The molecule has 2 atom stereocenters. The zero-order valence-corrected chi connectivity index (χ0v) is 13.4. The van der Waals surface area contributed by atoms with E-state index >= 15 is 0 Å². The van der Waals surface area contributed by atoms with E-state index < -0.39 is 6.10 Å². The highest BCUT2D eigenvalue weighted by molar-refractivity contribution is 7.11. The number of nitrogens with one attached hydrogen (secondary N) is 1. The van der Waals surface area contributed by atoms with Crippen molar-refractivity contribution in [1.29, 1.82) is 0 Å². The summed E-state index contributed by atoms with van der Waals surface area (Å²) in [5.74, 6) is -0.284. The van der Waals surface area contributed by atoms with E-state index in [9.17, 15) is 9.50 Å². The number of aliphatic hydroxyl groups is 1. The minimum absolute atomic E-state index is 0.159. The van der Waals surface area contributed by atoms with Gasteiger partial charge in [-0.15, -0.1) is 11.3 Å². The Morgan fingerprint density at radius 1 is 1.29 bits per heavy atom. The second-order valence-electron chi connectivity index (χ2n) is 5.33. The molecular formula is C16H21FN2OS. The molecule has 0 unspecified atom stereocenters. The lowest BCUT2D eigenvalue weighted by Crippen LogP contribution is -2.27. The van der Waals surface area contributed by atoms with E-state index in [-0.39, 0.29) is 11.9 Å². The van der Waals surface area contributed by atoms with Crippen LogP contribution in [0.2, 0.25) is 0 Å². The first-order valence-electron chi connectivity index (χ1n) is 7.05. The molecule has 0 radical (unpaired) electrons. The molecule has 21 heavy (non-hydrogen) atoms. The van der Waals surface area contributed by atoms with Crippen LogP contribution in [0.15, 0.2) is 24.3 Å². The van der Waals surface area contributed by atoms with Crippen molar-refractivity contribution in [2.24, 2.45) is 0 Å². The highest BCUT2D eigenvalue weighted by Crippen LogP contribution is 2.20. The maximum Gasteiger partial charge on any atom is 0.123 e. The molecule has 5 heteroatoms. The van der Waals surface area contributed by atoms with Crippen LogP contribution >= 0.6 is 11.3 Å². The number of aryl methyl sites for hydroxylation is 2. The lowest BCUT2D eigenvalue weighted by Gasteiger charge is -2.18. The summed E-state index contributed by atoms with van der Waals surface area (Å²) < 4.78 is 12.9. The highest BCUT2D eigenvalue weighted by atomic mass is 32.1. The van der Waals surface area contributed by atoms with Gasteiger partial charge in [-0.1, -0.05) is 12.1 Å². The van der Waals surface area contributed by atoms with Crippen LogP contribution in [0.4, 0.5) is 4.39 Å². The van der Waals surface area contributed by atoms with Gasteiger partial charge in [0, 0.05) is 17.5 Å². The van der Waals surface area contributed by atoms with Gasteiger partial charge in [-0.05, 0) is 44.9 Å². The predicted octanol–water partition coefficient (Wildman–Crippen LogP) is 3.50. The molecule has 2 rings (SSSR count). The molecule has 0 saturated carbocycles. The van der Waals surface area contributed by atoms with Crippen molar-refractivity contribution in [3.8, 4) is 0 Å². The third-order valence-electron chi connectivity index (χ3n) is 3.44. The van der Waals surface area contributed by atoms with Gasteiger partial charge in [-0.2, -0.15) is 0 Å². The van der Waals surface area contributed by atoms with Crippen molar-refractivity contribution < 1.29 is 9.50 Å². The Morgan fingerprint density at radius 2 is 1.95 bits per heavy atom. The number of thiazole rings is 1. The van der Waals surface area contributed by atoms with Gasteiger partial charge in [0.05, 0.1) is 16.8 Å². The van der Waals surface area contributed by atoms with E-state index in [4.69, 9.17) is 0 Å². The van der Waals surface area contributed by atoms with Crippen molar-refractivity contribution in [3.63, 3.8) is 0 Å². The number of aromatic nitrogens is 1. The summed E-state index contributed by atoms with van der Waals surface area (Å²) >= 11 is 1.70. The first-order valence-corrected chi connectivity index (χ1v) is 7.87. The smallest absolute Gasteiger partial charge is 0.123 e. The van der Waals surface area contributed by atoms with Gasteiger partial charge < -0.3 is 10.4 Å². The van der Waals surface area contributed by atoms with Crippen LogP contribution in [0.1, 0.15) is 40.6 Å². The number of hydrogen-bond acceptors (Lipinski definition) is 4. The first kappa shape index (κ1) is 16.1. The van der Waals surface area contributed by atoms with Gasteiger partial charge in [0.15, 0.2) is 0 Å². The third-order valence-corrected chi connectivity index (χ3v) is 4.52. The fourth-order valence-electron chi connectivity index (χ4n) is 2.24. The summed E-state index contributed by atoms with van der Waals surface area (Å²) in [5, 5.41) is 14.6. The zero-order chi connectivity index (χ0) is 15.4. The van der Waals surface area contributed by atoms with Crippen LogP contribution in [0.5, 0.6) is 0 Å². The van der Waals surface area contributed by atoms with Gasteiger partial charge in [0.2, 0.25) is 0 Å². The molecule has 1 aromatic carbocycles. The Morgan fingerprint density at radius 3 is 2.52 bits per heavy atom. The van der Waals surface area contributed by atoms with E-state index in [0.717, 1.165) is 22.8 Å². The molecule has 0 saturated heterocycles. The largest absolute Gasteiger partial charge is 0.388 e. The van der Waals surface area contributed by atoms with Crippen molar-refractivity contribution >= 4 is 11.3 Å². The second-order valence-corrected chi connectivity index (χ2v) is 6.61. The molecule has 0 spiro atoms. The van der Waals surface area contributed by atoms with Crippen LogP contribution < -0.4 is 5.32 Å². The second kappa shape index (κ2) is 7.11. The molecule has 0 aliphatic heterocycles. The van der Waals surface area contributed by atoms with Crippen molar-refractivity contribution in [2.75, 3.05) is 0 Å². The topological polar surface area (TPSA) is 45.2 Å². The van der Waals surface area contributed by atoms with Gasteiger partial charge in [-0.25, -0.2) is 9.37 Å². The quantitative estimate of drug-likeness (QED) is 0.858. The molecule has 0 aliphatic carbocycles. The summed E-state index contributed by atoms with van der Waals surface area (Å²) in [6.45, 7) is 6.81. The van der Waals surface area contributed by atoms with Crippen LogP contribution in [0.25, 0.3) is 0 Å². The van der Waals surface area contributed by atoms with Crippen molar-refractivity contribution in [2.45, 2.75) is 45.9 Å². The monoisotopic (exact) mass is 308 g/mol. The summed E-state index contributed by atoms with van der Waals surface area (Å²) in [6, 6.07) is 6.17. The first-order chi connectivity index (χ1) is 9.95. The Labute approximate surface area is 128 Å². The van der Waals surface area contributed by atoms with Gasteiger partial charge in [-0.3, -0.25) is 0 Å². The molecule has 2 N–H and O–H groups in total. The van der Waals surface area contributed by atoms with E-state index in [0.29, 0.717) is 6.42 Å². The van der Waals surface area contributed by atoms with Gasteiger partial charge in [0.1, 0.15) is 5.82 Å². The fourth-order valence-corrected chi connectivity index (χ4v) is 3.13. The molecule has 0 bridgehead atoms. The third kappa shape index (κ3) is 4.59.